The summed E-state index contributed by atoms with van der Waals surface area (Å²) in [7, 11) is 0. The Morgan fingerprint density at radius 3 is 2.26 bits per heavy atom. The summed E-state index contributed by atoms with van der Waals surface area (Å²) >= 11 is 0. The van der Waals surface area contributed by atoms with Crippen LogP contribution in [0.2, 0.25) is 0 Å². The molecular formula is C21H20N2. The van der Waals surface area contributed by atoms with Crippen LogP contribution in [0.25, 0.3) is 27.6 Å². The summed E-state index contributed by atoms with van der Waals surface area (Å²) in [6, 6.07) is 21.3. The molecule has 0 saturated carbocycles. The van der Waals surface area contributed by atoms with E-state index in [9.17, 15) is 0 Å². The molecule has 0 N–H and O–H groups in total. The summed E-state index contributed by atoms with van der Waals surface area (Å²) < 4.78 is 2.31. The number of pyridine rings is 1. The number of aromatic nitrogens is 2. The summed E-state index contributed by atoms with van der Waals surface area (Å²) in [5, 5.41) is 1.20. The molecule has 0 radical (unpaired) electrons. The predicted molar refractivity (Wildman–Crippen MR) is 97.3 cm³/mol. The molecule has 0 amide bonds. The lowest BCUT2D eigenvalue weighted by molar-refractivity contribution is 0.588. The van der Waals surface area contributed by atoms with Crippen LogP contribution in [-0.2, 0) is 5.41 Å². The zero-order valence-electron chi connectivity index (χ0n) is 13.7. The molecule has 0 aliphatic rings. The molecule has 2 aromatic carbocycles. The fourth-order valence-corrected chi connectivity index (χ4v) is 3.10. The van der Waals surface area contributed by atoms with Gasteiger partial charge in [-0.05, 0) is 35.2 Å². The highest BCUT2D eigenvalue weighted by Crippen LogP contribution is 2.33. The monoisotopic (exact) mass is 300 g/mol. The van der Waals surface area contributed by atoms with Crippen molar-refractivity contribution in [1.82, 2.24) is 9.55 Å². The first-order valence-electron chi connectivity index (χ1n) is 8.01. The van der Waals surface area contributed by atoms with Gasteiger partial charge in [0.2, 0.25) is 0 Å². The topological polar surface area (TPSA) is 17.8 Å². The molecule has 0 aliphatic carbocycles. The second-order valence-electron chi connectivity index (χ2n) is 7.03. The summed E-state index contributed by atoms with van der Waals surface area (Å²) in [6.07, 6.45) is 2.02. The van der Waals surface area contributed by atoms with Gasteiger partial charge in [0.25, 0.3) is 0 Å². The Balaban J connectivity index is 2.15. The van der Waals surface area contributed by atoms with Crippen molar-refractivity contribution in [2.45, 2.75) is 26.2 Å². The normalized spacial score (nSPS) is 12.1. The van der Waals surface area contributed by atoms with E-state index < -0.39 is 0 Å². The van der Waals surface area contributed by atoms with Gasteiger partial charge in [0.05, 0.1) is 16.6 Å². The maximum Gasteiger partial charge on any atom is 0.0963 e. The van der Waals surface area contributed by atoms with Crippen LogP contribution in [0.5, 0.6) is 0 Å². The zero-order chi connectivity index (χ0) is 16.0. The first kappa shape index (κ1) is 14.0. The minimum atomic E-state index is 0.0825. The average Bonchev–Trinajstić information content (AvgIpc) is 2.88. The highest BCUT2D eigenvalue weighted by Gasteiger charge is 2.18. The largest absolute Gasteiger partial charge is 0.308 e. The van der Waals surface area contributed by atoms with Crippen LogP contribution in [0.3, 0.4) is 0 Å². The van der Waals surface area contributed by atoms with Gasteiger partial charge in [-0.2, -0.15) is 0 Å². The number of rotatable bonds is 1. The molecule has 0 spiro atoms. The van der Waals surface area contributed by atoms with Crippen molar-refractivity contribution in [2.75, 3.05) is 0 Å². The summed E-state index contributed by atoms with van der Waals surface area (Å²) in [5.74, 6) is 0. The van der Waals surface area contributed by atoms with Gasteiger partial charge in [0.1, 0.15) is 0 Å². The minimum absolute atomic E-state index is 0.0825. The minimum Gasteiger partial charge on any atom is -0.308 e. The van der Waals surface area contributed by atoms with Crippen LogP contribution in [0.4, 0.5) is 0 Å². The van der Waals surface area contributed by atoms with E-state index in [1.807, 2.05) is 6.20 Å². The number of hydrogen-bond acceptors (Lipinski definition) is 1. The summed E-state index contributed by atoms with van der Waals surface area (Å²) in [5.41, 5.74) is 5.95. The third-order valence-electron chi connectivity index (χ3n) is 4.39. The Morgan fingerprint density at radius 2 is 1.52 bits per heavy atom. The van der Waals surface area contributed by atoms with Crippen LogP contribution < -0.4 is 0 Å². The van der Waals surface area contributed by atoms with Crippen LogP contribution in [-0.4, -0.2) is 9.55 Å². The first-order chi connectivity index (χ1) is 11.1. The average molecular weight is 300 g/mol. The maximum atomic E-state index is 4.80. The molecule has 2 heterocycles. The number of benzene rings is 2. The molecule has 2 heteroatoms. The maximum absolute atomic E-state index is 4.80. The molecule has 0 atom stereocenters. The molecule has 0 aliphatic heterocycles. The van der Waals surface area contributed by atoms with E-state index in [0.717, 1.165) is 5.52 Å². The highest BCUT2D eigenvalue weighted by atomic mass is 15.0. The molecular weight excluding hydrogens is 280 g/mol. The Bertz CT molecular complexity index is 989. The SMILES string of the molecule is CC(C)(C)c1cnc2c3ccccc3n(-c3ccccc3)c2c1. The van der Waals surface area contributed by atoms with Gasteiger partial charge in [-0.3, -0.25) is 4.98 Å². The van der Waals surface area contributed by atoms with E-state index in [-0.39, 0.29) is 5.41 Å². The molecule has 0 bridgehead atoms. The lowest BCUT2D eigenvalue weighted by atomic mass is 9.88. The number of fused-ring (bicyclic) bond motifs is 3. The van der Waals surface area contributed by atoms with E-state index >= 15 is 0 Å². The fraction of sp³-hybridized carbons (Fsp3) is 0.190. The van der Waals surface area contributed by atoms with Gasteiger partial charge in [0, 0.05) is 17.3 Å². The van der Waals surface area contributed by atoms with Gasteiger partial charge in [-0.25, -0.2) is 0 Å². The van der Waals surface area contributed by atoms with Crippen molar-refractivity contribution in [3.63, 3.8) is 0 Å². The third-order valence-corrected chi connectivity index (χ3v) is 4.39. The van der Waals surface area contributed by atoms with Crippen LogP contribution in [0, 0.1) is 0 Å². The molecule has 4 rings (SSSR count). The number of hydrogen-bond donors (Lipinski definition) is 0. The number of nitrogens with zero attached hydrogens (tertiary/aromatic N) is 2. The predicted octanol–water partition coefficient (Wildman–Crippen LogP) is 5.48. The van der Waals surface area contributed by atoms with Gasteiger partial charge < -0.3 is 4.57 Å². The lowest BCUT2D eigenvalue weighted by Crippen LogP contribution is -2.11. The van der Waals surface area contributed by atoms with E-state index in [4.69, 9.17) is 4.98 Å². The van der Waals surface area contributed by atoms with E-state index in [1.54, 1.807) is 0 Å². The molecule has 114 valence electrons. The van der Waals surface area contributed by atoms with Crippen molar-refractivity contribution >= 4 is 21.9 Å². The Morgan fingerprint density at radius 1 is 0.826 bits per heavy atom. The van der Waals surface area contributed by atoms with Crippen molar-refractivity contribution in [1.29, 1.82) is 0 Å². The van der Waals surface area contributed by atoms with Crippen molar-refractivity contribution < 1.29 is 0 Å². The van der Waals surface area contributed by atoms with Crippen molar-refractivity contribution in [3.8, 4) is 5.69 Å². The van der Waals surface area contributed by atoms with E-state index in [2.05, 4.69) is 86.0 Å². The van der Waals surface area contributed by atoms with Gasteiger partial charge in [0.15, 0.2) is 0 Å². The van der Waals surface area contributed by atoms with Crippen LogP contribution >= 0.6 is 0 Å². The Hall–Kier alpha value is -2.61. The molecule has 4 aromatic rings. The second-order valence-corrected chi connectivity index (χ2v) is 7.03. The standard InChI is InChI=1S/C21H20N2/c1-21(2,3)15-13-19-20(22-14-15)17-11-7-8-12-18(17)23(19)16-9-5-4-6-10-16/h4-14H,1-3H3. The fourth-order valence-electron chi connectivity index (χ4n) is 3.10. The van der Waals surface area contributed by atoms with E-state index in [1.165, 1.54) is 27.7 Å². The summed E-state index contributed by atoms with van der Waals surface area (Å²) in [6.45, 7) is 6.68. The molecule has 2 nitrogen and oxygen atoms in total. The molecule has 0 unspecified atom stereocenters. The molecule has 2 aromatic heterocycles. The molecule has 0 saturated heterocycles. The third kappa shape index (κ3) is 2.22. The smallest absolute Gasteiger partial charge is 0.0963 e. The highest BCUT2D eigenvalue weighted by molar-refractivity contribution is 6.07. The first-order valence-corrected chi connectivity index (χ1v) is 8.01. The van der Waals surface area contributed by atoms with Crippen LogP contribution in [0.1, 0.15) is 26.3 Å². The number of para-hydroxylation sites is 2. The van der Waals surface area contributed by atoms with Gasteiger partial charge in [-0.1, -0.05) is 57.2 Å². The van der Waals surface area contributed by atoms with E-state index in [0.29, 0.717) is 0 Å². The van der Waals surface area contributed by atoms with Crippen molar-refractivity contribution in [2.24, 2.45) is 0 Å². The van der Waals surface area contributed by atoms with Gasteiger partial charge in [-0.15, -0.1) is 0 Å². The quantitative estimate of drug-likeness (QED) is 0.455. The second kappa shape index (κ2) is 4.95. The summed E-state index contributed by atoms with van der Waals surface area (Å²) in [4.78, 5) is 4.80. The van der Waals surface area contributed by atoms with Crippen LogP contribution in [0.15, 0.2) is 66.9 Å². The van der Waals surface area contributed by atoms with Gasteiger partial charge >= 0.3 is 0 Å². The van der Waals surface area contributed by atoms with Crippen molar-refractivity contribution in [3.05, 3.63) is 72.4 Å². The molecule has 23 heavy (non-hydrogen) atoms. The Labute approximate surface area is 136 Å². The lowest BCUT2D eigenvalue weighted by Gasteiger charge is -2.18. The zero-order valence-corrected chi connectivity index (χ0v) is 13.7. The molecule has 0 fully saturated rings. The Kier molecular flexibility index (Phi) is 3.02.